The van der Waals surface area contributed by atoms with Crippen LogP contribution in [0.25, 0.3) is 10.9 Å². The van der Waals surface area contributed by atoms with Gasteiger partial charge in [0.1, 0.15) is 11.6 Å². The van der Waals surface area contributed by atoms with Crippen LogP contribution >= 0.6 is 11.6 Å². The molecule has 140 valence electrons. The van der Waals surface area contributed by atoms with E-state index in [4.69, 9.17) is 21.1 Å². The molecule has 0 spiro atoms. The number of morpholine rings is 1. The molecular weight excluding hydrogens is 373 g/mol. The number of aromatic nitrogens is 2. The topological polar surface area (TPSA) is 56.6 Å². The van der Waals surface area contributed by atoms with Gasteiger partial charge in [-0.3, -0.25) is 4.79 Å². The number of pyridine rings is 1. The number of ether oxygens (including phenoxy) is 2. The highest BCUT2D eigenvalue weighted by atomic mass is 35.5. The zero-order valence-corrected chi connectivity index (χ0v) is 15.4. The Morgan fingerprint density at radius 2 is 2.07 bits per heavy atom. The molecule has 0 saturated carbocycles. The Morgan fingerprint density at radius 1 is 1.30 bits per heavy atom. The van der Waals surface area contributed by atoms with Gasteiger partial charge in [0.25, 0.3) is 5.91 Å². The maximum atomic E-state index is 13.4. The van der Waals surface area contributed by atoms with Crippen molar-refractivity contribution in [3.8, 4) is 11.6 Å². The fraction of sp³-hybridized carbons (Fsp3) is 0.263. The number of nitrogens with zero attached hydrogens (tertiary/aromatic N) is 3. The van der Waals surface area contributed by atoms with Gasteiger partial charge in [-0.25, -0.2) is 9.37 Å². The van der Waals surface area contributed by atoms with Crippen molar-refractivity contribution in [3.05, 3.63) is 53.1 Å². The second-order valence-corrected chi connectivity index (χ2v) is 6.66. The van der Waals surface area contributed by atoms with E-state index in [0.29, 0.717) is 48.9 Å². The lowest BCUT2D eigenvalue weighted by atomic mass is 10.1. The number of rotatable bonds is 3. The van der Waals surface area contributed by atoms with Crippen molar-refractivity contribution in [2.45, 2.75) is 0 Å². The first kappa shape index (κ1) is 17.8. The highest BCUT2D eigenvalue weighted by molar-refractivity contribution is 6.30. The quantitative estimate of drug-likeness (QED) is 0.686. The zero-order valence-electron chi connectivity index (χ0n) is 14.6. The van der Waals surface area contributed by atoms with E-state index in [0.717, 1.165) is 5.52 Å². The smallest absolute Gasteiger partial charge is 0.257 e. The maximum absolute atomic E-state index is 13.4. The average molecular weight is 390 g/mol. The van der Waals surface area contributed by atoms with E-state index >= 15 is 0 Å². The summed E-state index contributed by atoms with van der Waals surface area (Å²) in [6.45, 7) is 2.16. The summed E-state index contributed by atoms with van der Waals surface area (Å²) < 4.78 is 26.3. The largest absolute Gasteiger partial charge is 0.438 e. The summed E-state index contributed by atoms with van der Waals surface area (Å²) in [4.78, 5) is 19.0. The molecule has 1 aliphatic heterocycles. The fourth-order valence-electron chi connectivity index (χ4n) is 3.12. The fourth-order valence-corrected chi connectivity index (χ4v) is 3.29. The van der Waals surface area contributed by atoms with E-state index in [1.54, 1.807) is 4.90 Å². The highest BCUT2D eigenvalue weighted by Gasteiger charge is 2.23. The predicted octanol–water partition coefficient (Wildman–Crippen LogP) is 3.63. The van der Waals surface area contributed by atoms with Crippen LogP contribution in [0.2, 0.25) is 5.02 Å². The van der Waals surface area contributed by atoms with Gasteiger partial charge in [-0.2, -0.15) is 0 Å². The lowest BCUT2D eigenvalue weighted by Crippen LogP contribution is -2.40. The summed E-state index contributed by atoms with van der Waals surface area (Å²) >= 11 is 5.82. The summed E-state index contributed by atoms with van der Waals surface area (Å²) in [6.07, 6.45) is 3.35. The third-order valence-corrected chi connectivity index (χ3v) is 4.79. The van der Waals surface area contributed by atoms with Gasteiger partial charge < -0.3 is 18.9 Å². The summed E-state index contributed by atoms with van der Waals surface area (Å²) in [7, 11) is 1.86. The first-order valence-electron chi connectivity index (χ1n) is 8.48. The molecule has 2 aromatic heterocycles. The van der Waals surface area contributed by atoms with Crippen LogP contribution in [0.15, 0.2) is 36.7 Å². The monoisotopic (exact) mass is 389 g/mol. The van der Waals surface area contributed by atoms with Crippen molar-refractivity contribution in [3.63, 3.8) is 0 Å². The van der Waals surface area contributed by atoms with E-state index in [-0.39, 0.29) is 10.9 Å². The normalized spacial score (nSPS) is 14.6. The number of amides is 1. The third kappa shape index (κ3) is 3.36. The van der Waals surface area contributed by atoms with Gasteiger partial charge in [0, 0.05) is 38.6 Å². The number of fused-ring (bicyclic) bond motifs is 1. The highest BCUT2D eigenvalue weighted by Crippen LogP contribution is 2.32. The standard InChI is InChI=1S/C19H17ClFN3O3/c1-23-5-4-13-17(23)14(19(25)24-6-8-26-9-7-24)11-22-18(13)27-12-2-3-16(21)15(20)10-12/h2-5,10-11H,6-9H2,1H3. The Balaban J connectivity index is 1.72. The number of halogens is 2. The van der Waals surface area contributed by atoms with Crippen molar-refractivity contribution in [1.29, 1.82) is 0 Å². The molecule has 0 unspecified atom stereocenters. The van der Waals surface area contributed by atoms with E-state index in [2.05, 4.69) is 4.98 Å². The molecule has 27 heavy (non-hydrogen) atoms. The molecule has 1 aromatic carbocycles. The van der Waals surface area contributed by atoms with Crippen LogP contribution in [0.5, 0.6) is 11.6 Å². The molecule has 0 radical (unpaired) electrons. The van der Waals surface area contributed by atoms with Crippen LogP contribution in [0.1, 0.15) is 10.4 Å². The number of carbonyl (C=O) groups is 1. The van der Waals surface area contributed by atoms with Gasteiger partial charge in [0.15, 0.2) is 0 Å². The molecular formula is C19H17ClFN3O3. The molecule has 3 aromatic rings. The molecule has 1 fully saturated rings. The van der Waals surface area contributed by atoms with Crippen LogP contribution in [0.4, 0.5) is 4.39 Å². The molecule has 0 atom stereocenters. The van der Waals surface area contributed by atoms with Crippen molar-refractivity contribution in [2.75, 3.05) is 26.3 Å². The van der Waals surface area contributed by atoms with Crippen molar-refractivity contribution in [1.82, 2.24) is 14.5 Å². The molecule has 0 bridgehead atoms. The van der Waals surface area contributed by atoms with Gasteiger partial charge in [-0.15, -0.1) is 0 Å². The molecule has 3 heterocycles. The molecule has 1 amide bonds. The molecule has 1 aliphatic rings. The average Bonchev–Trinajstić information content (AvgIpc) is 3.08. The predicted molar refractivity (Wildman–Crippen MR) is 98.9 cm³/mol. The van der Waals surface area contributed by atoms with Gasteiger partial charge >= 0.3 is 0 Å². The molecule has 6 nitrogen and oxygen atoms in total. The maximum Gasteiger partial charge on any atom is 0.257 e. The molecule has 0 aliphatic carbocycles. The SMILES string of the molecule is Cn1ccc2c(Oc3ccc(F)c(Cl)c3)ncc(C(=O)N3CCOCC3)c21. The molecule has 1 saturated heterocycles. The van der Waals surface area contributed by atoms with Gasteiger partial charge in [0.2, 0.25) is 5.88 Å². The minimum Gasteiger partial charge on any atom is -0.438 e. The number of benzene rings is 1. The second-order valence-electron chi connectivity index (χ2n) is 6.25. The van der Waals surface area contributed by atoms with Crippen LogP contribution in [0, 0.1) is 5.82 Å². The molecule has 0 N–H and O–H groups in total. The van der Waals surface area contributed by atoms with E-state index in [1.807, 2.05) is 23.9 Å². The number of aryl methyl sites for hydroxylation is 1. The molecule has 4 rings (SSSR count). The van der Waals surface area contributed by atoms with Crippen LogP contribution in [-0.4, -0.2) is 46.7 Å². The number of hydrogen-bond acceptors (Lipinski definition) is 4. The van der Waals surface area contributed by atoms with E-state index in [1.165, 1.54) is 24.4 Å². The van der Waals surface area contributed by atoms with Gasteiger partial charge in [-0.1, -0.05) is 11.6 Å². The van der Waals surface area contributed by atoms with E-state index in [9.17, 15) is 9.18 Å². The Kier molecular flexibility index (Phi) is 4.72. The zero-order chi connectivity index (χ0) is 19.0. The lowest BCUT2D eigenvalue weighted by Gasteiger charge is -2.27. The summed E-state index contributed by atoms with van der Waals surface area (Å²) in [5, 5.41) is 0.660. The van der Waals surface area contributed by atoms with Crippen LogP contribution in [0.3, 0.4) is 0 Å². The van der Waals surface area contributed by atoms with Gasteiger partial charge in [-0.05, 0) is 18.2 Å². The summed E-state index contributed by atoms with van der Waals surface area (Å²) in [6, 6.07) is 5.93. The van der Waals surface area contributed by atoms with Crippen molar-refractivity contribution in [2.24, 2.45) is 7.05 Å². The Bertz CT molecular complexity index is 1010. The minimum atomic E-state index is -0.520. The summed E-state index contributed by atoms with van der Waals surface area (Å²) in [5.74, 6) is 0.0837. The van der Waals surface area contributed by atoms with Crippen LogP contribution in [-0.2, 0) is 11.8 Å². The van der Waals surface area contributed by atoms with Crippen LogP contribution < -0.4 is 4.74 Å². The Hall–Kier alpha value is -2.64. The van der Waals surface area contributed by atoms with Gasteiger partial charge in [0.05, 0.1) is 34.7 Å². The first-order chi connectivity index (χ1) is 13.0. The number of hydrogen-bond donors (Lipinski definition) is 0. The minimum absolute atomic E-state index is 0.0316. The van der Waals surface area contributed by atoms with Crippen molar-refractivity contribution >= 4 is 28.4 Å². The second kappa shape index (κ2) is 7.17. The Morgan fingerprint density at radius 3 is 2.81 bits per heavy atom. The molecule has 8 heteroatoms. The summed E-state index contributed by atoms with van der Waals surface area (Å²) in [5.41, 5.74) is 1.23. The van der Waals surface area contributed by atoms with E-state index < -0.39 is 5.82 Å². The third-order valence-electron chi connectivity index (χ3n) is 4.50. The number of carbonyl (C=O) groups excluding carboxylic acids is 1. The Labute approximate surface area is 160 Å². The lowest BCUT2D eigenvalue weighted by molar-refractivity contribution is 0.0303. The van der Waals surface area contributed by atoms with Crippen molar-refractivity contribution < 1.29 is 18.7 Å². The first-order valence-corrected chi connectivity index (χ1v) is 8.86.